The van der Waals surface area contributed by atoms with E-state index in [0.29, 0.717) is 5.69 Å². The van der Waals surface area contributed by atoms with Gasteiger partial charge in [0.25, 0.3) is 0 Å². The van der Waals surface area contributed by atoms with Crippen LogP contribution in [0.2, 0.25) is 0 Å². The SMILES string of the molecule is C[C@]1(C23CC4CC(CC(C4)C2)C3)n2c(=O)n(-c3ccccc3)c(=O)n2[C@]1(C)C12CC3CC(CC(C3)C1)C2. The van der Waals surface area contributed by atoms with Crippen LogP contribution in [-0.2, 0) is 11.1 Å². The number of hydrogen-bond acceptors (Lipinski definition) is 2. The zero-order chi connectivity index (χ0) is 24.9. The normalized spacial score (nSPS) is 50.3. The third kappa shape index (κ3) is 2.29. The van der Waals surface area contributed by atoms with E-state index in [1.54, 1.807) is 0 Å². The van der Waals surface area contributed by atoms with Gasteiger partial charge in [-0.05, 0) is 149 Å². The molecule has 5 heteroatoms. The summed E-state index contributed by atoms with van der Waals surface area (Å²) in [5.74, 6) is 4.90. The molecule has 1 aromatic heterocycles. The first-order valence-corrected chi connectivity index (χ1v) is 15.3. The average molecular weight is 500 g/mol. The maximum atomic E-state index is 14.4. The molecule has 0 spiro atoms. The molecule has 196 valence electrons. The predicted octanol–water partition coefficient (Wildman–Crippen LogP) is 5.68. The highest BCUT2D eigenvalue weighted by molar-refractivity contribution is 5.34. The smallest absolute Gasteiger partial charge is 0.245 e. The Morgan fingerprint density at radius 3 is 1.22 bits per heavy atom. The number of hydrogen-bond donors (Lipinski definition) is 0. The van der Waals surface area contributed by atoms with E-state index in [4.69, 9.17) is 0 Å². The lowest BCUT2D eigenvalue weighted by molar-refractivity contribution is -0.282. The van der Waals surface area contributed by atoms with Crippen molar-refractivity contribution in [3.05, 3.63) is 51.3 Å². The summed E-state index contributed by atoms with van der Waals surface area (Å²) in [6, 6.07) is 9.69. The summed E-state index contributed by atoms with van der Waals surface area (Å²) in [7, 11) is 0. The Morgan fingerprint density at radius 1 is 0.568 bits per heavy atom. The third-order valence-electron chi connectivity index (χ3n) is 13.9. The summed E-state index contributed by atoms with van der Waals surface area (Å²) < 4.78 is 5.58. The molecule has 8 aliphatic carbocycles. The zero-order valence-corrected chi connectivity index (χ0v) is 22.5. The summed E-state index contributed by atoms with van der Waals surface area (Å²) in [4.78, 5) is 28.8. The molecular formula is C32H41N3O2. The predicted molar refractivity (Wildman–Crippen MR) is 143 cm³/mol. The molecule has 11 rings (SSSR count). The topological polar surface area (TPSA) is 48.9 Å². The van der Waals surface area contributed by atoms with Gasteiger partial charge in [0.1, 0.15) is 0 Å². The minimum absolute atomic E-state index is 0.100. The summed E-state index contributed by atoms with van der Waals surface area (Å²) in [5, 5.41) is 0. The minimum atomic E-state index is -0.308. The van der Waals surface area contributed by atoms with Gasteiger partial charge in [0, 0.05) is 0 Å². The molecule has 1 aliphatic heterocycles. The van der Waals surface area contributed by atoms with E-state index in [0.717, 1.165) is 35.5 Å². The van der Waals surface area contributed by atoms with Crippen molar-refractivity contribution < 1.29 is 0 Å². The van der Waals surface area contributed by atoms with Crippen LogP contribution in [0.1, 0.15) is 90.9 Å². The highest BCUT2D eigenvalue weighted by Crippen LogP contribution is 2.76. The number of fused-ring (bicyclic) bond motifs is 1. The molecule has 5 nitrogen and oxygen atoms in total. The maximum absolute atomic E-state index is 14.4. The van der Waals surface area contributed by atoms with Gasteiger partial charge in [0.05, 0.1) is 16.8 Å². The second-order valence-electron chi connectivity index (χ2n) is 15.4. The van der Waals surface area contributed by atoms with Gasteiger partial charge in [-0.1, -0.05) is 18.2 Å². The van der Waals surface area contributed by atoms with Crippen molar-refractivity contribution in [1.82, 2.24) is 13.9 Å². The summed E-state index contributed by atoms with van der Waals surface area (Å²) in [6.45, 7) is 4.93. The molecule has 8 fully saturated rings. The Hall–Kier alpha value is -2.04. The molecule has 37 heavy (non-hydrogen) atoms. The number of para-hydroxylation sites is 1. The molecule has 0 saturated heterocycles. The fraction of sp³-hybridized carbons (Fsp3) is 0.750. The quantitative estimate of drug-likeness (QED) is 0.546. The first-order chi connectivity index (χ1) is 17.8. The minimum Gasteiger partial charge on any atom is -0.245 e. The van der Waals surface area contributed by atoms with E-state index in [9.17, 15) is 9.59 Å². The molecule has 9 aliphatic rings. The van der Waals surface area contributed by atoms with Crippen molar-refractivity contribution in [2.24, 2.45) is 46.3 Å². The Morgan fingerprint density at radius 2 is 0.892 bits per heavy atom. The van der Waals surface area contributed by atoms with Crippen molar-refractivity contribution in [3.63, 3.8) is 0 Å². The van der Waals surface area contributed by atoms with E-state index in [2.05, 4.69) is 13.8 Å². The lowest BCUT2D eigenvalue weighted by Crippen LogP contribution is -2.83. The largest absolute Gasteiger partial charge is 0.352 e. The lowest BCUT2D eigenvalue weighted by atomic mass is 9.35. The van der Waals surface area contributed by atoms with E-state index < -0.39 is 0 Å². The van der Waals surface area contributed by atoms with Crippen LogP contribution in [0.15, 0.2) is 39.9 Å². The van der Waals surface area contributed by atoms with Gasteiger partial charge in [-0.15, -0.1) is 0 Å². The number of benzene rings is 1. The van der Waals surface area contributed by atoms with E-state index >= 15 is 0 Å². The van der Waals surface area contributed by atoms with E-state index in [-0.39, 0.29) is 33.3 Å². The van der Waals surface area contributed by atoms with Gasteiger partial charge in [-0.3, -0.25) is 0 Å². The van der Waals surface area contributed by atoms with Crippen LogP contribution in [-0.4, -0.2) is 13.9 Å². The van der Waals surface area contributed by atoms with Crippen LogP contribution in [0.4, 0.5) is 0 Å². The standard InChI is InChI=1S/C32H41N3O2/c1-29(31-14-20-8-21(15-31)10-22(9-20)16-31)30(2,32-17-23-11-24(18-32)13-25(12-23)19-32)35-28(37)33(27(36)34(29)35)26-6-4-3-5-7-26/h3-7,20-25H,8-19H2,1-2H3/t20?,21?,22?,23?,24?,25?,29-,30-,31?,32?/m0/s1. The molecule has 1 aromatic carbocycles. The first-order valence-electron chi connectivity index (χ1n) is 15.3. The van der Waals surface area contributed by atoms with Gasteiger partial charge in [-0.2, -0.15) is 0 Å². The summed E-state index contributed by atoms with van der Waals surface area (Å²) >= 11 is 0. The second-order valence-corrected chi connectivity index (χ2v) is 15.4. The Balaban J connectivity index is 1.32. The lowest BCUT2D eigenvalue weighted by Gasteiger charge is -2.76. The van der Waals surface area contributed by atoms with Crippen LogP contribution in [0.25, 0.3) is 5.69 Å². The van der Waals surface area contributed by atoms with Gasteiger partial charge in [0.2, 0.25) is 0 Å². The summed E-state index contributed by atoms with van der Waals surface area (Å²) in [6.07, 6.45) is 15.9. The molecule has 8 bridgehead atoms. The Labute approximate surface area is 219 Å². The first kappa shape index (κ1) is 21.8. The molecular weight excluding hydrogens is 458 g/mol. The highest BCUT2D eigenvalue weighted by atomic mass is 16.2. The molecule has 0 amide bonds. The second kappa shape index (κ2) is 6.57. The number of nitrogens with zero attached hydrogens (tertiary/aromatic N) is 3. The van der Waals surface area contributed by atoms with Gasteiger partial charge < -0.3 is 0 Å². The van der Waals surface area contributed by atoms with Crippen LogP contribution in [0.3, 0.4) is 0 Å². The van der Waals surface area contributed by atoms with Crippen LogP contribution in [0.5, 0.6) is 0 Å². The van der Waals surface area contributed by atoms with Crippen molar-refractivity contribution in [2.75, 3.05) is 0 Å². The molecule has 0 radical (unpaired) electrons. The Kier molecular flexibility index (Phi) is 3.88. The fourth-order valence-corrected chi connectivity index (χ4v) is 13.3. The third-order valence-corrected chi connectivity index (χ3v) is 13.9. The number of rotatable bonds is 3. The van der Waals surface area contributed by atoms with Crippen LogP contribution >= 0.6 is 0 Å². The molecule has 0 unspecified atom stereocenters. The van der Waals surface area contributed by atoms with Gasteiger partial charge >= 0.3 is 11.4 Å². The van der Waals surface area contributed by atoms with Gasteiger partial charge in [-0.25, -0.2) is 23.5 Å². The highest BCUT2D eigenvalue weighted by Gasteiger charge is 2.78. The fourth-order valence-electron chi connectivity index (χ4n) is 13.3. The van der Waals surface area contributed by atoms with E-state index in [1.807, 2.05) is 39.7 Å². The van der Waals surface area contributed by atoms with Gasteiger partial charge in [0.15, 0.2) is 0 Å². The Bertz CT molecular complexity index is 1270. The van der Waals surface area contributed by atoms with E-state index in [1.165, 1.54) is 81.6 Å². The van der Waals surface area contributed by atoms with Crippen LogP contribution < -0.4 is 11.4 Å². The maximum Gasteiger partial charge on any atom is 0.352 e. The molecule has 2 heterocycles. The molecule has 0 N–H and O–H groups in total. The summed E-state index contributed by atoms with van der Waals surface area (Å²) in [5.41, 5.74) is 0.175. The molecule has 8 saturated carbocycles. The average Bonchev–Trinajstić information content (AvgIpc) is 3.10. The van der Waals surface area contributed by atoms with Crippen molar-refractivity contribution in [1.29, 1.82) is 0 Å². The van der Waals surface area contributed by atoms with Crippen molar-refractivity contribution in [3.8, 4) is 5.69 Å². The van der Waals surface area contributed by atoms with Crippen LogP contribution in [0, 0.1) is 46.3 Å². The zero-order valence-electron chi connectivity index (χ0n) is 22.5. The monoisotopic (exact) mass is 499 g/mol. The van der Waals surface area contributed by atoms with Crippen molar-refractivity contribution >= 4 is 0 Å². The molecule has 2 atom stereocenters. The van der Waals surface area contributed by atoms with Crippen molar-refractivity contribution in [2.45, 2.75) is 102 Å². The number of aromatic nitrogens is 3. The molecule has 2 aromatic rings.